The van der Waals surface area contributed by atoms with Gasteiger partial charge in [-0.2, -0.15) is 13.2 Å². The number of aromatic nitrogens is 4. The Kier molecular flexibility index (Phi) is 9.79. The third kappa shape index (κ3) is 7.90. The summed E-state index contributed by atoms with van der Waals surface area (Å²) in [6.07, 6.45) is 1.10. The van der Waals surface area contributed by atoms with E-state index in [-0.39, 0.29) is 37.3 Å². The van der Waals surface area contributed by atoms with Crippen molar-refractivity contribution in [2.75, 3.05) is 29.9 Å². The Morgan fingerprint density at radius 3 is 2.63 bits per heavy atom. The molecular weight excluding hydrogens is 680 g/mol. The highest BCUT2D eigenvalue weighted by atomic mass is 32.2. The van der Waals surface area contributed by atoms with Crippen molar-refractivity contribution < 1.29 is 27.4 Å². The third-order valence-corrected chi connectivity index (χ3v) is 10.7. The number of alkyl halides is 3. The number of amides is 1. The molecule has 14 heteroatoms. The van der Waals surface area contributed by atoms with E-state index in [0.717, 1.165) is 49.9 Å². The molecule has 1 aliphatic carbocycles. The van der Waals surface area contributed by atoms with Crippen molar-refractivity contribution in [3.05, 3.63) is 78.0 Å². The van der Waals surface area contributed by atoms with Gasteiger partial charge in [0.25, 0.3) is 5.91 Å². The number of pyridine rings is 2. The minimum atomic E-state index is -4.17. The number of fused-ring (bicyclic) bond motifs is 6. The molecular formula is C37H42F3N7O3S. The highest BCUT2D eigenvalue weighted by Gasteiger charge is 2.62. The van der Waals surface area contributed by atoms with E-state index in [0.29, 0.717) is 58.6 Å². The standard InChI is InChI=1S/C37H42F3N7O3S/c1-35(2)22-26-10-6-19-41-32-28(50-24-25-8-4-3-5-9-25)12-14-31(43-32)51-45-34(48)27-11-13-29(42-33(27)46(35)23-26)47-20-15-30(44-47)49-21-7-16-36(17-18-36)37(38,39)40/h3-5,8-9,11-15,20,26H,6-7,10,16-19,21-24H2,1-2H3,(H,41,43)(H,45,48)/t26-/m0/s1. The van der Waals surface area contributed by atoms with E-state index in [4.69, 9.17) is 19.4 Å². The van der Waals surface area contributed by atoms with Crippen LogP contribution in [0.4, 0.5) is 24.8 Å². The molecule has 2 fully saturated rings. The number of nitrogens with one attached hydrogen (secondary N) is 2. The maximum Gasteiger partial charge on any atom is 0.394 e. The number of hydrogen-bond donors (Lipinski definition) is 2. The van der Waals surface area contributed by atoms with Gasteiger partial charge < -0.3 is 19.7 Å². The number of nitrogens with zero attached hydrogens (tertiary/aromatic N) is 5. The Morgan fingerprint density at radius 1 is 1.02 bits per heavy atom. The lowest BCUT2D eigenvalue weighted by atomic mass is 9.93. The summed E-state index contributed by atoms with van der Waals surface area (Å²) in [5.41, 5.74) is -0.318. The molecule has 2 N–H and O–H groups in total. The van der Waals surface area contributed by atoms with Crippen molar-refractivity contribution in [2.45, 2.75) is 82.1 Å². The molecule has 1 atom stereocenters. The summed E-state index contributed by atoms with van der Waals surface area (Å²) in [4.78, 5) is 25.8. The number of rotatable bonds is 9. The van der Waals surface area contributed by atoms with E-state index in [2.05, 4.69) is 33.9 Å². The smallest absolute Gasteiger partial charge is 0.394 e. The van der Waals surface area contributed by atoms with Gasteiger partial charge in [0.1, 0.15) is 17.5 Å². The van der Waals surface area contributed by atoms with Crippen LogP contribution >= 0.6 is 11.9 Å². The van der Waals surface area contributed by atoms with Gasteiger partial charge in [0.15, 0.2) is 17.4 Å². The first kappa shape index (κ1) is 35.0. The van der Waals surface area contributed by atoms with Crippen LogP contribution in [0, 0.1) is 11.3 Å². The SMILES string of the molecule is CC1(C)C[C@@H]2CCCNc3nc(ccc3OCc3ccccc3)SNC(=O)c3ccc(-n4ccc(OCCCC5(C(F)(F)F)CC5)n4)nc3N1C2. The number of carbonyl (C=O) groups is 1. The van der Waals surface area contributed by atoms with Gasteiger partial charge in [0, 0.05) is 42.8 Å². The van der Waals surface area contributed by atoms with Gasteiger partial charge in [-0.3, -0.25) is 9.52 Å². The average molecular weight is 722 g/mol. The Balaban J connectivity index is 1.09. The quantitative estimate of drug-likeness (QED) is 0.131. The van der Waals surface area contributed by atoms with Crippen LogP contribution in [-0.2, 0) is 6.61 Å². The Morgan fingerprint density at radius 2 is 1.84 bits per heavy atom. The molecule has 0 radical (unpaired) electrons. The van der Waals surface area contributed by atoms with Crippen molar-refractivity contribution in [3.63, 3.8) is 0 Å². The predicted molar refractivity (Wildman–Crippen MR) is 189 cm³/mol. The number of hydrogen-bond acceptors (Lipinski definition) is 9. The fourth-order valence-corrected chi connectivity index (χ4v) is 7.62. The Bertz CT molecular complexity index is 1850. The van der Waals surface area contributed by atoms with E-state index in [1.165, 1.54) is 0 Å². The van der Waals surface area contributed by atoms with Gasteiger partial charge in [-0.15, -0.1) is 5.10 Å². The van der Waals surface area contributed by atoms with Gasteiger partial charge in [-0.05, 0) is 94.5 Å². The molecule has 51 heavy (non-hydrogen) atoms. The molecule has 3 aliphatic rings. The van der Waals surface area contributed by atoms with E-state index in [1.807, 2.05) is 42.5 Å². The summed E-state index contributed by atoms with van der Waals surface area (Å²) in [7, 11) is 0. The molecule has 2 aliphatic heterocycles. The first-order valence-corrected chi connectivity index (χ1v) is 18.2. The van der Waals surface area contributed by atoms with Crippen LogP contribution < -0.4 is 24.4 Å². The average Bonchev–Trinajstić information content (AvgIpc) is 3.67. The zero-order chi connectivity index (χ0) is 35.6. The molecule has 0 spiro atoms. The highest BCUT2D eigenvalue weighted by Crippen LogP contribution is 2.60. The normalized spacial score (nSPS) is 19.6. The molecule has 0 unspecified atom stereocenters. The molecule has 5 heterocycles. The number of anilines is 2. The summed E-state index contributed by atoms with van der Waals surface area (Å²) < 4.78 is 56.3. The van der Waals surface area contributed by atoms with Crippen molar-refractivity contribution in [3.8, 4) is 17.4 Å². The molecule has 10 nitrogen and oxygen atoms in total. The van der Waals surface area contributed by atoms with E-state index in [9.17, 15) is 18.0 Å². The minimum absolute atomic E-state index is 0.0543. The number of benzene rings is 1. The van der Waals surface area contributed by atoms with E-state index < -0.39 is 11.6 Å². The summed E-state index contributed by atoms with van der Waals surface area (Å²) in [5.74, 6) is 2.72. The number of carbonyl (C=O) groups excluding carboxylic acids is 1. The van der Waals surface area contributed by atoms with Gasteiger partial charge >= 0.3 is 6.18 Å². The maximum atomic E-state index is 13.8. The van der Waals surface area contributed by atoms with Crippen molar-refractivity contribution >= 4 is 29.5 Å². The van der Waals surface area contributed by atoms with Crippen LogP contribution in [0.5, 0.6) is 11.6 Å². The molecule has 1 aromatic carbocycles. The predicted octanol–water partition coefficient (Wildman–Crippen LogP) is 7.99. The lowest BCUT2D eigenvalue weighted by Gasteiger charge is -2.34. The van der Waals surface area contributed by atoms with Gasteiger partial charge in [0.2, 0.25) is 5.88 Å². The molecule has 1 amide bonds. The molecule has 1 saturated carbocycles. The van der Waals surface area contributed by atoms with Crippen LogP contribution in [-0.4, -0.2) is 57.1 Å². The summed E-state index contributed by atoms with van der Waals surface area (Å²) >= 11 is 1.13. The monoisotopic (exact) mass is 721 g/mol. The zero-order valence-electron chi connectivity index (χ0n) is 28.7. The fraction of sp³-hybridized carbons (Fsp3) is 0.459. The lowest BCUT2D eigenvalue weighted by Crippen LogP contribution is -2.40. The maximum absolute atomic E-state index is 13.8. The number of halogens is 3. The summed E-state index contributed by atoms with van der Waals surface area (Å²) in [6, 6.07) is 18.8. The highest BCUT2D eigenvalue weighted by molar-refractivity contribution is 7.97. The topological polar surface area (TPSA) is 106 Å². The molecule has 7 rings (SSSR count). The second-order valence-corrected chi connectivity index (χ2v) is 15.1. The van der Waals surface area contributed by atoms with Gasteiger partial charge in [-0.25, -0.2) is 14.6 Å². The van der Waals surface area contributed by atoms with Crippen LogP contribution in [0.15, 0.2) is 71.9 Å². The van der Waals surface area contributed by atoms with Crippen LogP contribution in [0.3, 0.4) is 0 Å². The Labute approximate surface area is 299 Å². The first-order valence-electron chi connectivity index (χ1n) is 17.4. The van der Waals surface area contributed by atoms with Crippen LogP contribution in [0.25, 0.3) is 5.82 Å². The van der Waals surface area contributed by atoms with Crippen molar-refractivity contribution in [2.24, 2.45) is 11.3 Å². The molecule has 1 saturated heterocycles. The van der Waals surface area contributed by atoms with Crippen LogP contribution in [0.2, 0.25) is 0 Å². The third-order valence-electron chi connectivity index (χ3n) is 10.0. The number of ether oxygens (including phenoxy) is 2. The second kappa shape index (κ2) is 14.3. The van der Waals surface area contributed by atoms with Crippen LogP contribution in [0.1, 0.15) is 74.7 Å². The largest absolute Gasteiger partial charge is 0.485 e. The van der Waals surface area contributed by atoms with Crippen molar-refractivity contribution in [1.82, 2.24) is 24.5 Å². The van der Waals surface area contributed by atoms with E-state index in [1.54, 1.807) is 29.1 Å². The summed E-state index contributed by atoms with van der Waals surface area (Å²) in [6.45, 7) is 6.36. The van der Waals surface area contributed by atoms with E-state index >= 15 is 0 Å². The van der Waals surface area contributed by atoms with Gasteiger partial charge in [-0.1, -0.05) is 30.3 Å². The first-order chi connectivity index (χ1) is 24.5. The minimum Gasteiger partial charge on any atom is -0.485 e. The molecule has 4 bridgehead atoms. The fourth-order valence-electron chi connectivity index (χ4n) is 7.04. The molecule has 270 valence electrons. The molecule has 3 aromatic heterocycles. The Hall–Kier alpha value is -4.46. The molecule has 4 aromatic rings. The van der Waals surface area contributed by atoms with Crippen molar-refractivity contribution in [1.29, 1.82) is 0 Å². The lowest BCUT2D eigenvalue weighted by molar-refractivity contribution is -0.189. The van der Waals surface area contributed by atoms with Gasteiger partial charge in [0.05, 0.1) is 17.6 Å². The second-order valence-electron chi connectivity index (χ2n) is 14.2. The zero-order valence-corrected chi connectivity index (χ0v) is 29.5. The summed E-state index contributed by atoms with van der Waals surface area (Å²) in [5, 5.41) is 8.57.